The molecule has 0 aromatic carbocycles. The molecule has 0 unspecified atom stereocenters. The second-order valence-electron chi connectivity index (χ2n) is 7.10. The molecule has 0 bridgehead atoms. The topological polar surface area (TPSA) is 69.6 Å². The van der Waals surface area contributed by atoms with Crippen LogP contribution in [0.2, 0.25) is 0 Å². The van der Waals surface area contributed by atoms with E-state index in [1.54, 1.807) is 11.3 Å². The average molecular weight is 350 g/mol. The number of aliphatic hydroxyl groups excluding tert-OH is 1. The molecular formula is C18H26N2O3S. The predicted octanol–water partition coefficient (Wildman–Crippen LogP) is 1.80. The van der Waals surface area contributed by atoms with Crippen LogP contribution < -0.4 is 5.32 Å². The molecule has 2 aliphatic rings. The lowest BCUT2D eigenvalue weighted by atomic mass is 9.77. The van der Waals surface area contributed by atoms with Gasteiger partial charge in [0, 0.05) is 31.3 Å². The first-order chi connectivity index (χ1) is 11.5. The van der Waals surface area contributed by atoms with Crippen molar-refractivity contribution in [2.45, 2.75) is 51.2 Å². The van der Waals surface area contributed by atoms with Gasteiger partial charge in [0.25, 0.3) is 0 Å². The smallest absolute Gasteiger partial charge is 0.222 e. The summed E-state index contributed by atoms with van der Waals surface area (Å²) >= 11 is 1.74. The third-order valence-electron chi connectivity index (χ3n) is 5.28. The van der Waals surface area contributed by atoms with Gasteiger partial charge in [-0.25, -0.2) is 0 Å². The Morgan fingerprint density at radius 3 is 2.75 bits per heavy atom. The van der Waals surface area contributed by atoms with Crippen LogP contribution in [0.15, 0.2) is 17.5 Å². The normalized spacial score (nSPS) is 29.3. The fourth-order valence-electron chi connectivity index (χ4n) is 4.08. The van der Waals surface area contributed by atoms with Gasteiger partial charge in [-0.1, -0.05) is 6.07 Å². The Labute approximate surface area is 147 Å². The van der Waals surface area contributed by atoms with Gasteiger partial charge in [-0.3, -0.25) is 9.59 Å². The molecule has 1 aromatic rings. The molecule has 1 saturated carbocycles. The number of thiophene rings is 1. The number of carbonyl (C=O) groups is 2. The minimum atomic E-state index is -0.496. The van der Waals surface area contributed by atoms with E-state index in [0.29, 0.717) is 24.7 Å². The van der Waals surface area contributed by atoms with Crippen molar-refractivity contribution < 1.29 is 14.7 Å². The Morgan fingerprint density at radius 2 is 2.08 bits per heavy atom. The van der Waals surface area contributed by atoms with E-state index in [4.69, 9.17) is 0 Å². The van der Waals surface area contributed by atoms with Gasteiger partial charge < -0.3 is 15.3 Å². The molecule has 5 nitrogen and oxygen atoms in total. The molecule has 2 heterocycles. The number of hydrogen-bond acceptors (Lipinski definition) is 4. The molecule has 1 aliphatic heterocycles. The molecule has 4 atom stereocenters. The fraction of sp³-hybridized carbons (Fsp3) is 0.667. The van der Waals surface area contributed by atoms with Crippen LogP contribution in [0.1, 0.15) is 37.5 Å². The summed E-state index contributed by atoms with van der Waals surface area (Å²) < 4.78 is 0. The number of rotatable bonds is 5. The summed E-state index contributed by atoms with van der Waals surface area (Å²) in [5.74, 6) is 0.890. The first-order valence-corrected chi connectivity index (χ1v) is 9.66. The largest absolute Gasteiger partial charge is 0.391 e. The summed E-state index contributed by atoms with van der Waals surface area (Å²) in [6.07, 6.45) is 3.40. The van der Waals surface area contributed by atoms with Gasteiger partial charge in [-0.15, -0.1) is 11.3 Å². The number of hydrogen-bond donors (Lipinski definition) is 2. The zero-order chi connectivity index (χ0) is 17.1. The summed E-state index contributed by atoms with van der Waals surface area (Å²) in [5.41, 5.74) is 0. The number of amides is 2. The number of fused-ring (bicyclic) bond motifs is 1. The molecule has 2 fully saturated rings. The Bertz CT molecular complexity index is 575. The quantitative estimate of drug-likeness (QED) is 0.851. The van der Waals surface area contributed by atoms with Crippen LogP contribution in [0.3, 0.4) is 0 Å². The third-order valence-corrected chi connectivity index (χ3v) is 6.21. The zero-order valence-corrected chi connectivity index (χ0v) is 14.9. The molecule has 1 saturated heterocycles. The van der Waals surface area contributed by atoms with E-state index in [2.05, 4.69) is 16.8 Å². The van der Waals surface area contributed by atoms with Gasteiger partial charge in [0.2, 0.25) is 11.8 Å². The van der Waals surface area contributed by atoms with E-state index in [1.165, 1.54) is 11.8 Å². The lowest BCUT2D eigenvalue weighted by Crippen LogP contribution is -2.48. The average Bonchev–Trinajstić information content (AvgIpc) is 3.16. The number of nitrogens with zero attached hydrogens (tertiary/aromatic N) is 1. The lowest BCUT2D eigenvalue weighted by molar-refractivity contribution is -0.130. The van der Waals surface area contributed by atoms with Crippen LogP contribution in [0.25, 0.3) is 0 Å². The maximum Gasteiger partial charge on any atom is 0.222 e. The van der Waals surface area contributed by atoms with Crippen molar-refractivity contribution in [1.82, 2.24) is 10.2 Å². The van der Waals surface area contributed by atoms with Crippen molar-refractivity contribution in [1.29, 1.82) is 0 Å². The van der Waals surface area contributed by atoms with Gasteiger partial charge in [0.1, 0.15) is 0 Å². The highest BCUT2D eigenvalue weighted by molar-refractivity contribution is 7.09. The zero-order valence-electron chi connectivity index (χ0n) is 14.1. The van der Waals surface area contributed by atoms with E-state index >= 15 is 0 Å². The molecule has 132 valence electrons. The van der Waals surface area contributed by atoms with Crippen molar-refractivity contribution in [3.8, 4) is 0 Å². The number of aryl methyl sites for hydroxylation is 1. The number of nitrogens with one attached hydrogen (secondary N) is 1. The highest BCUT2D eigenvalue weighted by Gasteiger charge is 2.42. The van der Waals surface area contributed by atoms with E-state index in [0.717, 1.165) is 32.4 Å². The van der Waals surface area contributed by atoms with Gasteiger partial charge in [-0.2, -0.15) is 0 Å². The van der Waals surface area contributed by atoms with Crippen LogP contribution in [0.5, 0.6) is 0 Å². The Kier molecular flexibility index (Phi) is 5.56. The van der Waals surface area contributed by atoms with Crippen molar-refractivity contribution in [3.05, 3.63) is 22.4 Å². The SMILES string of the molecule is CC(=O)N[C@@H]1C[C@@H]2CN(C(=O)CCCc3cccs3)C[C@@H]2C[C@H]1O. The Morgan fingerprint density at radius 1 is 1.33 bits per heavy atom. The van der Waals surface area contributed by atoms with Crippen molar-refractivity contribution in [2.75, 3.05) is 13.1 Å². The second-order valence-corrected chi connectivity index (χ2v) is 8.13. The maximum atomic E-state index is 12.5. The maximum absolute atomic E-state index is 12.5. The fourth-order valence-corrected chi connectivity index (χ4v) is 4.83. The standard InChI is InChI=1S/C18H26N2O3S/c1-12(21)19-16-8-13-10-20(11-14(13)9-17(16)22)18(23)6-2-4-15-5-3-7-24-15/h3,5,7,13-14,16-17,22H,2,4,6,8-11H2,1H3,(H,19,21)/t13-,14+,16-,17-/m1/s1. The van der Waals surface area contributed by atoms with Crippen LogP contribution in [-0.4, -0.2) is 47.1 Å². The Hall–Kier alpha value is -1.40. The molecule has 1 aliphatic carbocycles. The van der Waals surface area contributed by atoms with Crippen molar-refractivity contribution in [2.24, 2.45) is 11.8 Å². The highest BCUT2D eigenvalue weighted by atomic mass is 32.1. The molecule has 0 spiro atoms. The molecular weight excluding hydrogens is 324 g/mol. The van der Waals surface area contributed by atoms with Gasteiger partial charge in [0.15, 0.2) is 0 Å². The Balaban J connectivity index is 1.47. The summed E-state index contributed by atoms with van der Waals surface area (Å²) in [7, 11) is 0. The lowest BCUT2D eigenvalue weighted by Gasteiger charge is -2.35. The first kappa shape index (κ1) is 17.4. The molecule has 24 heavy (non-hydrogen) atoms. The second kappa shape index (κ2) is 7.66. The first-order valence-electron chi connectivity index (χ1n) is 8.78. The van der Waals surface area contributed by atoms with Crippen LogP contribution >= 0.6 is 11.3 Å². The number of carbonyl (C=O) groups excluding carboxylic acids is 2. The molecule has 2 amide bonds. The van der Waals surface area contributed by atoms with E-state index in [1.807, 2.05) is 11.0 Å². The summed E-state index contributed by atoms with van der Waals surface area (Å²) in [5, 5.41) is 15.1. The van der Waals surface area contributed by atoms with Gasteiger partial charge in [-0.05, 0) is 49.0 Å². The monoisotopic (exact) mass is 350 g/mol. The molecule has 0 radical (unpaired) electrons. The molecule has 6 heteroatoms. The van der Waals surface area contributed by atoms with Crippen LogP contribution in [-0.2, 0) is 16.0 Å². The third kappa shape index (κ3) is 4.16. The summed E-state index contributed by atoms with van der Waals surface area (Å²) in [6.45, 7) is 3.01. The highest BCUT2D eigenvalue weighted by Crippen LogP contribution is 2.36. The van der Waals surface area contributed by atoms with Gasteiger partial charge in [0.05, 0.1) is 12.1 Å². The van der Waals surface area contributed by atoms with Crippen molar-refractivity contribution in [3.63, 3.8) is 0 Å². The van der Waals surface area contributed by atoms with Crippen LogP contribution in [0.4, 0.5) is 0 Å². The minimum absolute atomic E-state index is 0.1000. The van der Waals surface area contributed by atoms with E-state index < -0.39 is 6.10 Å². The van der Waals surface area contributed by atoms with E-state index in [-0.39, 0.29) is 17.9 Å². The molecule has 2 N–H and O–H groups in total. The van der Waals surface area contributed by atoms with E-state index in [9.17, 15) is 14.7 Å². The molecule has 1 aromatic heterocycles. The minimum Gasteiger partial charge on any atom is -0.391 e. The summed E-state index contributed by atoms with van der Waals surface area (Å²) in [6, 6.07) is 3.99. The van der Waals surface area contributed by atoms with Crippen LogP contribution in [0, 0.1) is 11.8 Å². The van der Waals surface area contributed by atoms with Crippen molar-refractivity contribution >= 4 is 23.2 Å². The molecule has 3 rings (SSSR count). The predicted molar refractivity (Wildman–Crippen MR) is 93.7 cm³/mol. The summed E-state index contributed by atoms with van der Waals surface area (Å²) in [4.78, 5) is 27.0. The number of aliphatic hydroxyl groups is 1. The van der Waals surface area contributed by atoms with Gasteiger partial charge >= 0.3 is 0 Å². The number of likely N-dealkylation sites (tertiary alicyclic amines) is 1.